The summed E-state index contributed by atoms with van der Waals surface area (Å²) >= 11 is 0. The molecule has 1 aliphatic rings. The highest BCUT2D eigenvalue weighted by Gasteiger charge is 2.32. The first-order valence-electron chi connectivity index (χ1n) is 8.56. The lowest BCUT2D eigenvalue weighted by Gasteiger charge is -2.28. The van der Waals surface area contributed by atoms with Crippen molar-refractivity contribution < 1.29 is 27.4 Å². The van der Waals surface area contributed by atoms with Crippen LogP contribution in [0.3, 0.4) is 0 Å². The molecule has 1 aliphatic heterocycles. The van der Waals surface area contributed by atoms with E-state index in [4.69, 9.17) is 15.2 Å². The van der Waals surface area contributed by atoms with Crippen molar-refractivity contribution in [3.8, 4) is 5.75 Å². The lowest BCUT2D eigenvalue weighted by atomic mass is 10.1. The molecule has 1 unspecified atom stereocenters. The van der Waals surface area contributed by atoms with Gasteiger partial charge in [-0.1, -0.05) is 0 Å². The van der Waals surface area contributed by atoms with Gasteiger partial charge in [0.25, 0.3) is 0 Å². The second-order valence-electron chi connectivity index (χ2n) is 7.36. The normalized spacial score (nSPS) is 18.1. The van der Waals surface area contributed by atoms with Crippen LogP contribution in [0.4, 0.5) is 23.7 Å². The number of amides is 1. The van der Waals surface area contributed by atoms with Crippen molar-refractivity contribution in [2.45, 2.75) is 57.9 Å². The fourth-order valence-electron chi connectivity index (χ4n) is 2.86. The van der Waals surface area contributed by atoms with E-state index in [1.54, 1.807) is 4.90 Å². The highest BCUT2D eigenvalue weighted by molar-refractivity contribution is 5.68. The summed E-state index contributed by atoms with van der Waals surface area (Å²) in [5.41, 5.74) is 4.22. The van der Waals surface area contributed by atoms with Crippen molar-refractivity contribution in [1.82, 2.24) is 4.90 Å². The first kappa shape index (κ1) is 20.2. The van der Waals surface area contributed by atoms with Crippen LogP contribution in [0.15, 0.2) is 18.2 Å². The third-order valence-corrected chi connectivity index (χ3v) is 4.05. The summed E-state index contributed by atoms with van der Waals surface area (Å²) < 4.78 is 48.9. The van der Waals surface area contributed by atoms with Gasteiger partial charge in [0.1, 0.15) is 11.4 Å². The maximum absolute atomic E-state index is 12.6. The molecule has 2 N–H and O–H groups in total. The summed E-state index contributed by atoms with van der Waals surface area (Å²) in [6, 6.07) is 3.01. The smallest absolute Gasteiger partial charge is 0.416 e. The highest BCUT2D eigenvalue weighted by atomic mass is 19.4. The number of benzene rings is 1. The minimum atomic E-state index is -4.44. The summed E-state index contributed by atoms with van der Waals surface area (Å²) in [6.07, 6.45) is -2.52. The molecule has 0 aliphatic carbocycles. The number of carbonyl (C=O) groups excluding carboxylic acids is 1. The predicted octanol–water partition coefficient (Wildman–Crippen LogP) is 4.46. The van der Waals surface area contributed by atoms with E-state index in [0.717, 1.165) is 25.0 Å². The molecule has 1 aromatic carbocycles. The number of likely N-dealkylation sites (tertiary alicyclic amines) is 1. The number of anilines is 1. The van der Waals surface area contributed by atoms with Gasteiger partial charge in [0.2, 0.25) is 0 Å². The second kappa shape index (κ2) is 7.63. The molecule has 0 radical (unpaired) electrons. The van der Waals surface area contributed by atoms with Gasteiger partial charge in [-0.25, -0.2) is 4.79 Å². The van der Waals surface area contributed by atoms with Crippen LogP contribution in [0.5, 0.6) is 5.75 Å². The Labute approximate surface area is 151 Å². The van der Waals surface area contributed by atoms with Crippen LogP contribution in [-0.2, 0) is 10.9 Å². The summed E-state index contributed by atoms with van der Waals surface area (Å²) in [4.78, 5) is 13.9. The molecule has 0 spiro atoms. The molecule has 5 nitrogen and oxygen atoms in total. The maximum atomic E-state index is 12.6. The number of alkyl halides is 3. The summed E-state index contributed by atoms with van der Waals surface area (Å²) in [5, 5.41) is 0. The molecule has 26 heavy (non-hydrogen) atoms. The maximum Gasteiger partial charge on any atom is 0.416 e. The lowest BCUT2D eigenvalue weighted by Crippen LogP contribution is -2.40. The average Bonchev–Trinajstić information content (AvgIpc) is 2.94. The molecule has 1 atom stereocenters. The molecule has 146 valence electrons. The second-order valence-corrected chi connectivity index (χ2v) is 7.36. The van der Waals surface area contributed by atoms with E-state index < -0.39 is 17.3 Å². The number of hydrogen-bond donors (Lipinski definition) is 1. The van der Waals surface area contributed by atoms with E-state index in [1.165, 1.54) is 6.07 Å². The summed E-state index contributed by atoms with van der Waals surface area (Å²) in [6.45, 7) is 6.31. The highest BCUT2D eigenvalue weighted by Crippen LogP contribution is 2.34. The van der Waals surface area contributed by atoms with E-state index >= 15 is 0 Å². The van der Waals surface area contributed by atoms with Gasteiger partial charge in [-0.3, -0.25) is 0 Å². The van der Waals surface area contributed by atoms with E-state index in [1.807, 2.05) is 20.8 Å². The van der Waals surface area contributed by atoms with Gasteiger partial charge in [-0.2, -0.15) is 13.2 Å². The fourth-order valence-corrected chi connectivity index (χ4v) is 2.86. The number of hydrogen-bond acceptors (Lipinski definition) is 4. The fraction of sp³-hybridized carbons (Fsp3) is 0.611. The molecule has 8 heteroatoms. The van der Waals surface area contributed by atoms with Gasteiger partial charge in [0.05, 0.1) is 17.9 Å². The van der Waals surface area contributed by atoms with Gasteiger partial charge < -0.3 is 20.1 Å². The Bertz CT molecular complexity index is 642. The van der Waals surface area contributed by atoms with E-state index in [0.29, 0.717) is 13.0 Å². The molecular formula is C18H25F3N2O3. The van der Waals surface area contributed by atoms with Crippen LogP contribution >= 0.6 is 0 Å². The minimum Gasteiger partial charge on any atom is -0.491 e. The zero-order valence-corrected chi connectivity index (χ0v) is 15.2. The first-order chi connectivity index (χ1) is 12.0. The average molecular weight is 374 g/mol. The minimum absolute atomic E-state index is 0.0134. The first-order valence-corrected chi connectivity index (χ1v) is 8.56. The number of nitrogens with zero attached hydrogens (tertiary/aromatic N) is 1. The van der Waals surface area contributed by atoms with Crippen molar-refractivity contribution in [2.75, 3.05) is 18.9 Å². The predicted molar refractivity (Wildman–Crippen MR) is 91.9 cm³/mol. The molecule has 1 heterocycles. The number of halogens is 3. The Hall–Kier alpha value is -2.12. The molecule has 1 amide bonds. The zero-order valence-electron chi connectivity index (χ0n) is 15.2. The number of nitrogens with two attached hydrogens (primary N) is 1. The SMILES string of the molecule is CC(C)(C)OC(=O)N1CCCC1CCOc1ccc(C(F)(F)F)cc1N. The van der Waals surface area contributed by atoms with Gasteiger partial charge >= 0.3 is 12.3 Å². The molecule has 1 saturated heterocycles. The Morgan fingerprint density at radius 2 is 2.00 bits per heavy atom. The summed E-state index contributed by atoms with van der Waals surface area (Å²) in [7, 11) is 0. The van der Waals surface area contributed by atoms with E-state index in [2.05, 4.69) is 0 Å². The quantitative estimate of drug-likeness (QED) is 0.791. The topological polar surface area (TPSA) is 64.8 Å². The lowest BCUT2D eigenvalue weighted by molar-refractivity contribution is -0.137. The van der Waals surface area contributed by atoms with Gasteiger partial charge in [0.15, 0.2) is 0 Å². The molecule has 2 rings (SSSR count). The summed E-state index contributed by atoms with van der Waals surface area (Å²) in [5.74, 6) is 0.208. The molecule has 0 saturated carbocycles. The van der Waals surface area contributed by atoms with E-state index in [-0.39, 0.29) is 30.2 Å². The molecule has 1 fully saturated rings. The van der Waals surface area contributed by atoms with Gasteiger partial charge in [-0.05, 0) is 51.8 Å². The van der Waals surface area contributed by atoms with Crippen LogP contribution in [0.25, 0.3) is 0 Å². The molecular weight excluding hydrogens is 349 g/mol. The van der Waals surface area contributed by atoms with Crippen LogP contribution in [-0.4, -0.2) is 35.8 Å². The zero-order chi connectivity index (χ0) is 19.5. The van der Waals surface area contributed by atoms with Gasteiger partial charge in [-0.15, -0.1) is 0 Å². The number of ether oxygens (including phenoxy) is 2. The number of rotatable bonds is 4. The van der Waals surface area contributed by atoms with Crippen LogP contribution in [0.2, 0.25) is 0 Å². The Kier molecular flexibility index (Phi) is 5.93. The molecule has 0 bridgehead atoms. The Morgan fingerprint density at radius 1 is 1.31 bits per heavy atom. The monoisotopic (exact) mass is 374 g/mol. The van der Waals surface area contributed by atoms with Crippen molar-refractivity contribution in [3.05, 3.63) is 23.8 Å². The van der Waals surface area contributed by atoms with E-state index in [9.17, 15) is 18.0 Å². The molecule has 1 aromatic rings. The third-order valence-electron chi connectivity index (χ3n) is 4.05. The van der Waals surface area contributed by atoms with Crippen LogP contribution < -0.4 is 10.5 Å². The van der Waals surface area contributed by atoms with Gasteiger partial charge in [0, 0.05) is 19.0 Å². The Balaban J connectivity index is 1.90. The standard InChI is InChI=1S/C18H25F3N2O3/c1-17(2,3)26-16(24)23-9-4-5-13(23)8-10-25-15-7-6-12(11-14(15)22)18(19,20)21/h6-7,11,13H,4-5,8-10,22H2,1-3H3. The molecule has 0 aromatic heterocycles. The number of carbonyl (C=O) groups is 1. The van der Waals surface area contributed by atoms with Crippen LogP contribution in [0, 0.1) is 0 Å². The van der Waals surface area contributed by atoms with Crippen molar-refractivity contribution in [2.24, 2.45) is 0 Å². The largest absolute Gasteiger partial charge is 0.491 e. The van der Waals surface area contributed by atoms with Crippen molar-refractivity contribution in [1.29, 1.82) is 0 Å². The number of nitrogen functional groups attached to an aromatic ring is 1. The van der Waals surface area contributed by atoms with Crippen molar-refractivity contribution >= 4 is 11.8 Å². The van der Waals surface area contributed by atoms with Crippen LogP contribution in [0.1, 0.15) is 45.6 Å². The third kappa shape index (κ3) is 5.44. The Morgan fingerprint density at radius 3 is 2.58 bits per heavy atom. The van der Waals surface area contributed by atoms with Crippen molar-refractivity contribution in [3.63, 3.8) is 0 Å².